The first-order valence-electron chi connectivity index (χ1n) is 11.4. The van der Waals surface area contributed by atoms with Crippen molar-refractivity contribution in [3.05, 3.63) is 24.2 Å². The van der Waals surface area contributed by atoms with E-state index in [1.807, 2.05) is 21.9 Å². The second kappa shape index (κ2) is 9.33. The Morgan fingerprint density at radius 2 is 1.86 bits per heavy atom. The maximum atomic E-state index is 13.6. The van der Waals surface area contributed by atoms with Gasteiger partial charge < -0.3 is 19.1 Å². The highest BCUT2D eigenvalue weighted by Crippen LogP contribution is 2.30. The molecule has 0 N–H and O–H groups in total. The van der Waals surface area contributed by atoms with E-state index in [0.717, 1.165) is 44.5 Å². The average molecular weight is 402 g/mol. The highest BCUT2D eigenvalue weighted by atomic mass is 16.3. The topological polar surface area (TPSA) is 57.0 Å². The van der Waals surface area contributed by atoms with Crippen LogP contribution in [0.1, 0.15) is 63.5 Å². The molecule has 29 heavy (non-hydrogen) atoms. The van der Waals surface area contributed by atoms with Crippen molar-refractivity contribution in [2.75, 3.05) is 26.7 Å². The lowest BCUT2D eigenvalue weighted by Crippen LogP contribution is -2.48. The summed E-state index contributed by atoms with van der Waals surface area (Å²) >= 11 is 0. The Kier molecular flexibility index (Phi) is 6.58. The van der Waals surface area contributed by atoms with Crippen LogP contribution >= 0.6 is 0 Å². The van der Waals surface area contributed by atoms with Gasteiger partial charge in [0.1, 0.15) is 5.76 Å². The third-order valence-electron chi connectivity index (χ3n) is 7.09. The second-order valence-corrected chi connectivity index (χ2v) is 9.17. The largest absolute Gasteiger partial charge is 0.467 e. The Morgan fingerprint density at radius 3 is 2.52 bits per heavy atom. The Labute approximate surface area is 174 Å². The first-order chi connectivity index (χ1) is 14.1. The van der Waals surface area contributed by atoms with Gasteiger partial charge in [-0.3, -0.25) is 9.59 Å². The van der Waals surface area contributed by atoms with Crippen molar-refractivity contribution in [3.63, 3.8) is 0 Å². The van der Waals surface area contributed by atoms with Crippen molar-refractivity contribution in [1.29, 1.82) is 0 Å². The van der Waals surface area contributed by atoms with E-state index >= 15 is 0 Å². The van der Waals surface area contributed by atoms with Crippen LogP contribution in [-0.4, -0.2) is 65.3 Å². The summed E-state index contributed by atoms with van der Waals surface area (Å²) in [6.45, 7) is 3.12. The van der Waals surface area contributed by atoms with Gasteiger partial charge in [0.15, 0.2) is 0 Å². The Balaban J connectivity index is 1.45. The van der Waals surface area contributed by atoms with Gasteiger partial charge in [-0.1, -0.05) is 25.7 Å². The third-order valence-corrected chi connectivity index (χ3v) is 7.09. The molecule has 6 nitrogen and oxygen atoms in total. The van der Waals surface area contributed by atoms with Crippen LogP contribution in [0, 0.1) is 5.92 Å². The van der Waals surface area contributed by atoms with Gasteiger partial charge in [-0.05, 0) is 58.0 Å². The molecule has 1 saturated carbocycles. The molecule has 0 radical (unpaired) electrons. The zero-order valence-electron chi connectivity index (χ0n) is 17.7. The standard InChI is InChI=1S/C23H35N3O3/c1-24-12-10-20(11-13-24)26(17-21-9-6-14-29-21)23(28)18-15-22(27)25(16-18)19-7-4-2-3-5-8-19/h6,9,14,18-20H,2-5,7-8,10-13,15-17H2,1H3. The maximum absolute atomic E-state index is 13.6. The Hall–Kier alpha value is -1.82. The van der Waals surface area contributed by atoms with Gasteiger partial charge in [0.05, 0.1) is 18.7 Å². The van der Waals surface area contributed by atoms with Crippen LogP contribution in [0.5, 0.6) is 0 Å². The zero-order chi connectivity index (χ0) is 20.2. The second-order valence-electron chi connectivity index (χ2n) is 9.17. The number of rotatable bonds is 5. The quantitative estimate of drug-likeness (QED) is 0.711. The predicted octanol–water partition coefficient (Wildman–Crippen LogP) is 3.27. The molecule has 1 atom stereocenters. The highest BCUT2D eigenvalue weighted by molar-refractivity contribution is 5.89. The lowest BCUT2D eigenvalue weighted by atomic mass is 9.99. The first kappa shape index (κ1) is 20.5. The summed E-state index contributed by atoms with van der Waals surface area (Å²) in [7, 11) is 2.13. The molecule has 1 aliphatic carbocycles. The minimum atomic E-state index is -0.208. The molecule has 0 aromatic carbocycles. The van der Waals surface area contributed by atoms with Crippen molar-refractivity contribution < 1.29 is 14.0 Å². The van der Waals surface area contributed by atoms with Gasteiger partial charge in [0.2, 0.25) is 11.8 Å². The normalized spacial score (nSPS) is 25.3. The molecule has 1 aromatic heterocycles. The molecule has 0 spiro atoms. The van der Waals surface area contributed by atoms with Gasteiger partial charge in [-0.25, -0.2) is 0 Å². The van der Waals surface area contributed by atoms with Crippen molar-refractivity contribution in [2.45, 2.75) is 76.4 Å². The fraction of sp³-hybridized carbons (Fsp3) is 0.739. The zero-order valence-corrected chi connectivity index (χ0v) is 17.7. The van der Waals surface area contributed by atoms with Gasteiger partial charge in [-0.2, -0.15) is 0 Å². The van der Waals surface area contributed by atoms with Crippen LogP contribution in [0.3, 0.4) is 0 Å². The summed E-state index contributed by atoms with van der Waals surface area (Å²) in [5.74, 6) is 0.930. The monoisotopic (exact) mass is 401 g/mol. The summed E-state index contributed by atoms with van der Waals surface area (Å²) in [6.07, 6.45) is 11.1. The number of hydrogen-bond donors (Lipinski definition) is 0. The molecule has 3 heterocycles. The van der Waals surface area contributed by atoms with E-state index < -0.39 is 0 Å². The van der Waals surface area contributed by atoms with Gasteiger partial charge >= 0.3 is 0 Å². The van der Waals surface area contributed by atoms with E-state index in [1.165, 1.54) is 25.7 Å². The number of amides is 2. The van der Waals surface area contributed by atoms with Gasteiger partial charge in [0.25, 0.3) is 0 Å². The highest BCUT2D eigenvalue weighted by Gasteiger charge is 2.41. The summed E-state index contributed by atoms with van der Waals surface area (Å²) in [6, 6.07) is 4.38. The predicted molar refractivity (Wildman–Crippen MR) is 111 cm³/mol. The number of piperidine rings is 1. The van der Waals surface area contributed by atoms with Crippen molar-refractivity contribution >= 4 is 11.8 Å². The lowest BCUT2D eigenvalue weighted by Gasteiger charge is -2.38. The van der Waals surface area contributed by atoms with Gasteiger partial charge in [0, 0.05) is 25.0 Å². The molecule has 3 fully saturated rings. The van der Waals surface area contributed by atoms with E-state index in [9.17, 15) is 9.59 Å². The number of nitrogens with zero attached hydrogens (tertiary/aromatic N) is 3. The Bertz CT molecular complexity index is 674. The molecule has 4 rings (SSSR count). The number of hydrogen-bond acceptors (Lipinski definition) is 4. The van der Waals surface area contributed by atoms with Crippen LogP contribution in [0.15, 0.2) is 22.8 Å². The van der Waals surface area contributed by atoms with Crippen molar-refractivity contribution in [1.82, 2.24) is 14.7 Å². The molecule has 2 aliphatic heterocycles. The molecular formula is C23H35N3O3. The minimum absolute atomic E-state index is 0.139. The van der Waals surface area contributed by atoms with E-state index in [0.29, 0.717) is 25.6 Å². The summed E-state index contributed by atoms with van der Waals surface area (Å²) < 4.78 is 5.56. The van der Waals surface area contributed by atoms with Crippen LogP contribution in [0.2, 0.25) is 0 Å². The molecule has 0 bridgehead atoms. The summed E-state index contributed by atoms with van der Waals surface area (Å²) in [5.41, 5.74) is 0. The van der Waals surface area contributed by atoms with Crippen LogP contribution in [0.25, 0.3) is 0 Å². The fourth-order valence-electron chi connectivity index (χ4n) is 5.32. The molecule has 160 valence electrons. The fourth-order valence-corrected chi connectivity index (χ4v) is 5.32. The van der Waals surface area contributed by atoms with Crippen molar-refractivity contribution in [3.8, 4) is 0 Å². The SMILES string of the molecule is CN1CCC(N(Cc2ccco2)C(=O)C2CC(=O)N(C3CCCCCC3)C2)CC1. The number of carbonyl (C=O) groups is 2. The number of furan rings is 1. The molecular weight excluding hydrogens is 366 g/mol. The minimum Gasteiger partial charge on any atom is -0.467 e. The lowest BCUT2D eigenvalue weighted by molar-refractivity contribution is -0.140. The third kappa shape index (κ3) is 4.85. The molecule has 2 saturated heterocycles. The molecule has 6 heteroatoms. The summed E-state index contributed by atoms with van der Waals surface area (Å²) in [5, 5.41) is 0. The van der Waals surface area contributed by atoms with Crippen LogP contribution in [0.4, 0.5) is 0 Å². The van der Waals surface area contributed by atoms with E-state index in [2.05, 4.69) is 11.9 Å². The van der Waals surface area contributed by atoms with Crippen LogP contribution < -0.4 is 0 Å². The molecule has 2 amide bonds. The van der Waals surface area contributed by atoms with E-state index in [1.54, 1.807) is 6.26 Å². The molecule has 3 aliphatic rings. The van der Waals surface area contributed by atoms with Crippen LogP contribution in [-0.2, 0) is 16.1 Å². The number of likely N-dealkylation sites (tertiary alicyclic amines) is 2. The first-order valence-corrected chi connectivity index (χ1v) is 11.4. The smallest absolute Gasteiger partial charge is 0.228 e. The molecule has 1 aromatic rings. The average Bonchev–Trinajstić information content (AvgIpc) is 3.29. The summed E-state index contributed by atoms with van der Waals surface area (Å²) in [4.78, 5) is 32.7. The van der Waals surface area contributed by atoms with Crippen molar-refractivity contribution in [2.24, 2.45) is 5.92 Å². The Morgan fingerprint density at radius 1 is 1.14 bits per heavy atom. The number of carbonyl (C=O) groups excluding carboxylic acids is 2. The maximum Gasteiger partial charge on any atom is 0.228 e. The van der Waals surface area contributed by atoms with E-state index in [-0.39, 0.29) is 23.8 Å². The van der Waals surface area contributed by atoms with E-state index in [4.69, 9.17) is 4.42 Å². The van der Waals surface area contributed by atoms with Gasteiger partial charge in [-0.15, -0.1) is 0 Å². The molecule has 1 unspecified atom stereocenters.